The third-order valence-corrected chi connectivity index (χ3v) is 4.72. The van der Waals surface area contributed by atoms with E-state index in [-0.39, 0.29) is 6.79 Å². The second-order valence-corrected chi connectivity index (χ2v) is 6.45. The average molecular weight is 341 g/mol. The Hall–Kier alpha value is -2.31. The highest BCUT2D eigenvalue weighted by atomic mass is 16.7. The van der Waals surface area contributed by atoms with Crippen molar-refractivity contribution in [3.8, 4) is 17.2 Å². The molecule has 2 aliphatic rings. The molecule has 0 aliphatic carbocycles. The summed E-state index contributed by atoms with van der Waals surface area (Å²) < 4.78 is 16.4. The van der Waals surface area contributed by atoms with Crippen LogP contribution in [0.15, 0.2) is 36.7 Å². The molecule has 132 valence electrons. The van der Waals surface area contributed by atoms with E-state index >= 15 is 0 Å². The number of methoxy groups -OCH3 is 1. The fraction of sp³-hybridized carbons (Fsp3) is 0.421. The number of benzene rings is 1. The van der Waals surface area contributed by atoms with Crippen molar-refractivity contribution in [2.75, 3.05) is 40.1 Å². The zero-order valence-electron chi connectivity index (χ0n) is 14.5. The molecule has 6 heteroatoms. The smallest absolute Gasteiger partial charge is 0.231 e. The lowest BCUT2D eigenvalue weighted by Gasteiger charge is -2.34. The SMILES string of the molecule is COc1cc(CN2CCN(Cc3cccnc3)CC2)cc2c1OCO2. The number of rotatable bonds is 5. The largest absolute Gasteiger partial charge is 0.493 e. The van der Waals surface area contributed by atoms with E-state index in [4.69, 9.17) is 14.2 Å². The van der Waals surface area contributed by atoms with Gasteiger partial charge in [-0.1, -0.05) is 6.07 Å². The van der Waals surface area contributed by atoms with Crippen LogP contribution in [-0.4, -0.2) is 54.9 Å². The Morgan fingerprint density at radius 1 is 1.04 bits per heavy atom. The first kappa shape index (κ1) is 16.2. The van der Waals surface area contributed by atoms with Gasteiger partial charge in [0, 0.05) is 51.7 Å². The molecule has 0 amide bonds. The molecule has 6 nitrogen and oxygen atoms in total. The fourth-order valence-corrected chi connectivity index (χ4v) is 3.39. The van der Waals surface area contributed by atoms with Gasteiger partial charge in [-0.25, -0.2) is 0 Å². The molecule has 1 aromatic carbocycles. The topological polar surface area (TPSA) is 47.1 Å². The molecular formula is C19H23N3O3. The van der Waals surface area contributed by atoms with Crippen LogP contribution >= 0.6 is 0 Å². The Balaban J connectivity index is 1.34. The summed E-state index contributed by atoms with van der Waals surface area (Å²) in [6, 6.07) is 8.25. The number of aromatic nitrogens is 1. The summed E-state index contributed by atoms with van der Waals surface area (Å²) in [6.07, 6.45) is 3.77. The first-order valence-electron chi connectivity index (χ1n) is 8.62. The highest BCUT2D eigenvalue weighted by Gasteiger charge is 2.22. The van der Waals surface area contributed by atoms with Gasteiger partial charge < -0.3 is 14.2 Å². The van der Waals surface area contributed by atoms with Crippen molar-refractivity contribution < 1.29 is 14.2 Å². The van der Waals surface area contributed by atoms with E-state index in [0.717, 1.165) is 50.8 Å². The Morgan fingerprint density at radius 3 is 2.48 bits per heavy atom. The lowest BCUT2D eigenvalue weighted by Crippen LogP contribution is -2.45. The fourth-order valence-electron chi connectivity index (χ4n) is 3.39. The predicted molar refractivity (Wildman–Crippen MR) is 93.9 cm³/mol. The Morgan fingerprint density at radius 2 is 1.80 bits per heavy atom. The monoisotopic (exact) mass is 341 g/mol. The first-order valence-corrected chi connectivity index (χ1v) is 8.62. The van der Waals surface area contributed by atoms with Crippen LogP contribution < -0.4 is 14.2 Å². The van der Waals surface area contributed by atoms with Crippen LogP contribution in [0, 0.1) is 0 Å². The van der Waals surface area contributed by atoms with Gasteiger partial charge >= 0.3 is 0 Å². The van der Waals surface area contributed by atoms with E-state index in [1.165, 1.54) is 11.1 Å². The minimum absolute atomic E-state index is 0.266. The summed E-state index contributed by atoms with van der Waals surface area (Å²) in [7, 11) is 1.66. The summed E-state index contributed by atoms with van der Waals surface area (Å²) in [4.78, 5) is 9.14. The van der Waals surface area contributed by atoms with Gasteiger partial charge in [-0.3, -0.25) is 14.8 Å². The average Bonchev–Trinajstić information content (AvgIpc) is 3.12. The number of hydrogen-bond donors (Lipinski definition) is 0. The van der Waals surface area contributed by atoms with Gasteiger partial charge in [-0.2, -0.15) is 0 Å². The zero-order valence-corrected chi connectivity index (χ0v) is 14.5. The van der Waals surface area contributed by atoms with Gasteiger partial charge in [-0.15, -0.1) is 0 Å². The van der Waals surface area contributed by atoms with Crippen LogP contribution in [0.25, 0.3) is 0 Å². The predicted octanol–water partition coefficient (Wildman–Crippen LogP) is 2.14. The Bertz CT molecular complexity index is 715. The van der Waals surface area contributed by atoms with Crippen molar-refractivity contribution >= 4 is 0 Å². The van der Waals surface area contributed by atoms with Crippen molar-refractivity contribution in [1.82, 2.24) is 14.8 Å². The van der Waals surface area contributed by atoms with E-state index in [0.29, 0.717) is 5.75 Å². The van der Waals surface area contributed by atoms with Crippen LogP contribution in [0.4, 0.5) is 0 Å². The normalized spacial score (nSPS) is 17.6. The Labute approximate surface area is 147 Å². The standard InChI is InChI=1S/C19H23N3O3/c1-23-17-9-16(10-18-19(17)25-14-24-18)13-22-7-5-21(6-8-22)12-15-3-2-4-20-11-15/h2-4,9-11H,5-8,12-14H2,1H3. The van der Waals surface area contributed by atoms with E-state index in [1.807, 2.05) is 18.5 Å². The van der Waals surface area contributed by atoms with Gasteiger partial charge in [0.2, 0.25) is 12.5 Å². The van der Waals surface area contributed by atoms with Crippen molar-refractivity contribution in [2.24, 2.45) is 0 Å². The molecule has 0 atom stereocenters. The number of piperazine rings is 1. The number of nitrogens with zero attached hydrogens (tertiary/aromatic N) is 3. The first-order chi connectivity index (χ1) is 12.3. The van der Waals surface area contributed by atoms with Gasteiger partial charge in [-0.05, 0) is 29.3 Å². The van der Waals surface area contributed by atoms with Crippen LogP contribution in [0.2, 0.25) is 0 Å². The minimum atomic E-state index is 0.266. The molecule has 1 fully saturated rings. The van der Waals surface area contributed by atoms with Crippen molar-refractivity contribution in [2.45, 2.75) is 13.1 Å². The van der Waals surface area contributed by atoms with Crippen LogP contribution in [-0.2, 0) is 13.1 Å². The molecule has 3 heterocycles. The molecule has 1 saturated heterocycles. The number of fused-ring (bicyclic) bond motifs is 1. The molecular weight excluding hydrogens is 318 g/mol. The maximum absolute atomic E-state index is 5.52. The van der Waals surface area contributed by atoms with E-state index in [2.05, 4.69) is 33.0 Å². The Kier molecular flexibility index (Phi) is 4.72. The highest BCUT2D eigenvalue weighted by molar-refractivity contribution is 5.55. The maximum atomic E-state index is 5.52. The van der Waals surface area contributed by atoms with Crippen molar-refractivity contribution in [3.05, 3.63) is 47.8 Å². The lowest BCUT2D eigenvalue weighted by molar-refractivity contribution is 0.122. The molecule has 1 aromatic heterocycles. The molecule has 25 heavy (non-hydrogen) atoms. The van der Waals surface area contributed by atoms with Crippen LogP contribution in [0.5, 0.6) is 17.2 Å². The zero-order chi connectivity index (χ0) is 17.1. The summed E-state index contributed by atoms with van der Waals surface area (Å²) >= 11 is 0. The summed E-state index contributed by atoms with van der Waals surface area (Å²) in [5.41, 5.74) is 2.47. The van der Waals surface area contributed by atoms with Crippen molar-refractivity contribution in [3.63, 3.8) is 0 Å². The second-order valence-electron chi connectivity index (χ2n) is 6.45. The molecule has 0 bridgehead atoms. The molecule has 0 saturated carbocycles. The molecule has 0 unspecified atom stereocenters. The van der Waals surface area contributed by atoms with Crippen molar-refractivity contribution in [1.29, 1.82) is 0 Å². The maximum Gasteiger partial charge on any atom is 0.231 e. The summed E-state index contributed by atoms with van der Waals surface area (Å²) in [6.45, 7) is 6.37. The van der Waals surface area contributed by atoms with E-state index < -0.39 is 0 Å². The van der Waals surface area contributed by atoms with Gasteiger partial charge in [0.1, 0.15) is 0 Å². The van der Waals surface area contributed by atoms with Gasteiger partial charge in [0.05, 0.1) is 7.11 Å². The molecule has 0 spiro atoms. The third kappa shape index (κ3) is 3.70. The molecule has 0 N–H and O–H groups in total. The molecule has 4 rings (SSSR count). The quantitative estimate of drug-likeness (QED) is 0.830. The number of hydrogen-bond acceptors (Lipinski definition) is 6. The van der Waals surface area contributed by atoms with Gasteiger partial charge in [0.25, 0.3) is 0 Å². The summed E-state index contributed by atoms with van der Waals surface area (Å²) in [5, 5.41) is 0. The van der Waals surface area contributed by atoms with Crippen LogP contribution in [0.3, 0.4) is 0 Å². The lowest BCUT2D eigenvalue weighted by atomic mass is 10.1. The number of ether oxygens (including phenoxy) is 3. The third-order valence-electron chi connectivity index (χ3n) is 4.72. The highest BCUT2D eigenvalue weighted by Crippen LogP contribution is 2.42. The van der Waals surface area contributed by atoms with E-state index in [1.54, 1.807) is 7.11 Å². The van der Waals surface area contributed by atoms with Crippen LogP contribution in [0.1, 0.15) is 11.1 Å². The van der Waals surface area contributed by atoms with E-state index in [9.17, 15) is 0 Å². The van der Waals surface area contributed by atoms with Gasteiger partial charge in [0.15, 0.2) is 11.5 Å². The molecule has 2 aliphatic heterocycles. The minimum Gasteiger partial charge on any atom is -0.493 e. The second kappa shape index (κ2) is 7.29. The number of pyridine rings is 1. The molecule has 0 radical (unpaired) electrons. The molecule has 2 aromatic rings. The summed E-state index contributed by atoms with van der Waals surface area (Å²) in [5.74, 6) is 2.25.